The molecule has 1 amide bonds. The van der Waals surface area contributed by atoms with Gasteiger partial charge in [-0.15, -0.1) is 0 Å². The SMILES string of the molecule is CC(CC1CC1)NCC1(C(N)=O)CCCC1. The Morgan fingerprint density at radius 3 is 2.56 bits per heavy atom. The number of nitrogens with two attached hydrogens (primary N) is 1. The first-order valence-corrected chi connectivity index (χ1v) is 6.66. The lowest BCUT2D eigenvalue weighted by molar-refractivity contribution is -0.127. The summed E-state index contributed by atoms with van der Waals surface area (Å²) in [4.78, 5) is 11.6. The normalized spacial score (nSPS) is 25.6. The van der Waals surface area contributed by atoms with Gasteiger partial charge < -0.3 is 11.1 Å². The van der Waals surface area contributed by atoms with E-state index in [0.717, 1.165) is 38.1 Å². The largest absolute Gasteiger partial charge is 0.369 e. The Labute approximate surface area is 98.2 Å². The van der Waals surface area contributed by atoms with E-state index in [1.807, 2.05) is 0 Å². The summed E-state index contributed by atoms with van der Waals surface area (Å²) in [7, 11) is 0. The molecule has 2 saturated carbocycles. The molecule has 0 aliphatic heterocycles. The Balaban J connectivity index is 1.79. The average Bonchev–Trinajstić information content (AvgIpc) is 2.92. The van der Waals surface area contributed by atoms with Gasteiger partial charge in [0.15, 0.2) is 0 Å². The third kappa shape index (κ3) is 2.76. The van der Waals surface area contributed by atoms with E-state index in [4.69, 9.17) is 5.73 Å². The van der Waals surface area contributed by atoms with Gasteiger partial charge in [0.2, 0.25) is 5.91 Å². The van der Waals surface area contributed by atoms with E-state index in [1.165, 1.54) is 19.3 Å². The number of amides is 1. The van der Waals surface area contributed by atoms with Crippen LogP contribution in [0.4, 0.5) is 0 Å². The molecule has 2 aliphatic carbocycles. The first-order valence-electron chi connectivity index (χ1n) is 6.66. The zero-order valence-electron chi connectivity index (χ0n) is 10.3. The van der Waals surface area contributed by atoms with Crippen LogP contribution < -0.4 is 11.1 Å². The van der Waals surface area contributed by atoms with Crippen molar-refractivity contribution in [2.24, 2.45) is 17.1 Å². The van der Waals surface area contributed by atoms with Crippen molar-refractivity contribution in [1.29, 1.82) is 0 Å². The topological polar surface area (TPSA) is 55.1 Å². The fourth-order valence-electron chi connectivity index (χ4n) is 2.87. The molecule has 0 spiro atoms. The lowest BCUT2D eigenvalue weighted by atomic mass is 9.85. The molecule has 3 nitrogen and oxygen atoms in total. The Hall–Kier alpha value is -0.570. The summed E-state index contributed by atoms with van der Waals surface area (Å²) in [5.41, 5.74) is 5.32. The highest BCUT2D eigenvalue weighted by Crippen LogP contribution is 2.38. The minimum absolute atomic E-state index is 0.101. The van der Waals surface area contributed by atoms with Crippen LogP contribution >= 0.6 is 0 Å². The smallest absolute Gasteiger partial charge is 0.224 e. The maximum Gasteiger partial charge on any atom is 0.224 e. The van der Waals surface area contributed by atoms with Gasteiger partial charge in [0.25, 0.3) is 0 Å². The van der Waals surface area contributed by atoms with Crippen LogP contribution in [0.1, 0.15) is 51.9 Å². The second kappa shape index (κ2) is 4.74. The van der Waals surface area contributed by atoms with Crippen LogP contribution in [0.3, 0.4) is 0 Å². The van der Waals surface area contributed by atoms with Gasteiger partial charge in [-0.3, -0.25) is 4.79 Å². The van der Waals surface area contributed by atoms with E-state index in [2.05, 4.69) is 12.2 Å². The number of hydrogen-bond acceptors (Lipinski definition) is 2. The van der Waals surface area contributed by atoms with Crippen molar-refractivity contribution in [1.82, 2.24) is 5.32 Å². The molecule has 0 radical (unpaired) electrons. The van der Waals surface area contributed by atoms with Crippen LogP contribution in [-0.2, 0) is 4.79 Å². The summed E-state index contributed by atoms with van der Waals surface area (Å²) in [6.07, 6.45) is 8.31. The Morgan fingerprint density at radius 1 is 1.44 bits per heavy atom. The van der Waals surface area contributed by atoms with Crippen molar-refractivity contribution in [2.45, 2.75) is 57.9 Å². The quantitative estimate of drug-likeness (QED) is 0.723. The molecule has 1 unspecified atom stereocenters. The third-order valence-electron chi connectivity index (χ3n) is 4.26. The minimum atomic E-state index is -0.238. The van der Waals surface area contributed by atoms with Gasteiger partial charge in [0, 0.05) is 12.6 Å². The fourth-order valence-corrected chi connectivity index (χ4v) is 2.87. The highest BCUT2D eigenvalue weighted by atomic mass is 16.1. The van der Waals surface area contributed by atoms with Gasteiger partial charge in [-0.25, -0.2) is 0 Å². The summed E-state index contributed by atoms with van der Waals surface area (Å²) in [5, 5.41) is 3.52. The first-order chi connectivity index (χ1) is 7.62. The first kappa shape index (κ1) is 11.9. The average molecular weight is 224 g/mol. The maximum atomic E-state index is 11.6. The molecule has 2 aliphatic rings. The maximum absolute atomic E-state index is 11.6. The van der Waals surface area contributed by atoms with E-state index >= 15 is 0 Å². The molecule has 3 N–H and O–H groups in total. The van der Waals surface area contributed by atoms with E-state index in [0.29, 0.717) is 6.04 Å². The summed E-state index contributed by atoms with van der Waals surface area (Å²) < 4.78 is 0. The molecule has 1 atom stereocenters. The minimum Gasteiger partial charge on any atom is -0.369 e. The van der Waals surface area contributed by atoms with Crippen molar-refractivity contribution in [3.8, 4) is 0 Å². The van der Waals surface area contributed by atoms with Crippen molar-refractivity contribution in [3.05, 3.63) is 0 Å². The van der Waals surface area contributed by atoms with Gasteiger partial charge in [-0.2, -0.15) is 0 Å². The second-order valence-corrected chi connectivity index (χ2v) is 5.81. The molecular weight excluding hydrogens is 200 g/mol. The fraction of sp³-hybridized carbons (Fsp3) is 0.923. The lowest BCUT2D eigenvalue weighted by Gasteiger charge is -2.27. The predicted octanol–water partition coefficient (Wildman–Crippen LogP) is 1.81. The summed E-state index contributed by atoms with van der Waals surface area (Å²) in [6.45, 7) is 3.01. The molecule has 0 aromatic heterocycles. The number of carbonyl (C=O) groups excluding carboxylic acids is 1. The highest BCUT2D eigenvalue weighted by Gasteiger charge is 2.39. The van der Waals surface area contributed by atoms with Crippen LogP contribution in [0.15, 0.2) is 0 Å². The van der Waals surface area contributed by atoms with Crippen LogP contribution in [-0.4, -0.2) is 18.5 Å². The second-order valence-electron chi connectivity index (χ2n) is 5.81. The number of primary amides is 1. The van der Waals surface area contributed by atoms with Crippen LogP contribution in [0.2, 0.25) is 0 Å². The van der Waals surface area contributed by atoms with E-state index in [9.17, 15) is 4.79 Å². The van der Waals surface area contributed by atoms with Gasteiger partial charge in [-0.1, -0.05) is 25.7 Å². The molecule has 0 aromatic rings. The van der Waals surface area contributed by atoms with E-state index in [-0.39, 0.29) is 11.3 Å². The molecule has 16 heavy (non-hydrogen) atoms. The van der Waals surface area contributed by atoms with E-state index in [1.54, 1.807) is 0 Å². The van der Waals surface area contributed by atoms with Crippen LogP contribution in [0.25, 0.3) is 0 Å². The van der Waals surface area contributed by atoms with Gasteiger partial charge in [-0.05, 0) is 32.1 Å². The molecule has 0 bridgehead atoms. The summed E-state index contributed by atoms with van der Waals surface area (Å²) in [5.74, 6) is 0.840. The molecule has 2 rings (SSSR count). The molecular formula is C13H24N2O. The van der Waals surface area contributed by atoms with Gasteiger partial charge in [0.05, 0.1) is 5.41 Å². The monoisotopic (exact) mass is 224 g/mol. The van der Waals surface area contributed by atoms with Gasteiger partial charge in [0.1, 0.15) is 0 Å². The standard InChI is InChI=1S/C13H24N2O/c1-10(8-11-4-5-11)15-9-13(12(14)16)6-2-3-7-13/h10-11,15H,2-9H2,1H3,(H2,14,16). The Kier molecular flexibility index (Phi) is 3.53. The highest BCUT2D eigenvalue weighted by molar-refractivity contribution is 5.81. The Bertz CT molecular complexity index is 255. The van der Waals surface area contributed by atoms with Crippen molar-refractivity contribution < 1.29 is 4.79 Å². The van der Waals surface area contributed by atoms with Gasteiger partial charge >= 0.3 is 0 Å². The molecule has 0 saturated heterocycles. The number of rotatable bonds is 6. The lowest BCUT2D eigenvalue weighted by Crippen LogP contribution is -2.45. The molecule has 0 heterocycles. The summed E-state index contributed by atoms with van der Waals surface area (Å²) >= 11 is 0. The zero-order chi connectivity index (χ0) is 11.6. The summed E-state index contributed by atoms with van der Waals surface area (Å²) in [6, 6.07) is 0.532. The molecule has 0 aromatic carbocycles. The van der Waals surface area contributed by atoms with Crippen LogP contribution in [0, 0.1) is 11.3 Å². The van der Waals surface area contributed by atoms with Crippen molar-refractivity contribution >= 4 is 5.91 Å². The van der Waals surface area contributed by atoms with Crippen molar-refractivity contribution in [3.63, 3.8) is 0 Å². The third-order valence-corrected chi connectivity index (χ3v) is 4.26. The Morgan fingerprint density at radius 2 is 2.06 bits per heavy atom. The molecule has 3 heteroatoms. The van der Waals surface area contributed by atoms with Crippen molar-refractivity contribution in [2.75, 3.05) is 6.54 Å². The van der Waals surface area contributed by atoms with Crippen LogP contribution in [0.5, 0.6) is 0 Å². The van der Waals surface area contributed by atoms with E-state index < -0.39 is 0 Å². The number of hydrogen-bond donors (Lipinski definition) is 2. The number of carbonyl (C=O) groups is 1. The molecule has 92 valence electrons. The number of nitrogens with one attached hydrogen (secondary N) is 1. The zero-order valence-corrected chi connectivity index (χ0v) is 10.3. The molecule has 2 fully saturated rings. The predicted molar refractivity (Wildman–Crippen MR) is 64.9 cm³/mol.